The van der Waals surface area contributed by atoms with Crippen LogP contribution in [0.3, 0.4) is 0 Å². The number of benzene rings is 2. The Labute approximate surface area is 145 Å². The minimum atomic E-state index is -1.05. The second-order valence-corrected chi connectivity index (χ2v) is 5.72. The Morgan fingerprint density at radius 3 is 2.44 bits per heavy atom. The first kappa shape index (κ1) is 18.6. The molecule has 132 valence electrons. The number of carbonyl (C=O) groups excluding carboxylic acids is 2. The molecule has 0 aliphatic heterocycles. The maximum absolute atomic E-state index is 13.2. The van der Waals surface area contributed by atoms with E-state index in [1.165, 1.54) is 17.9 Å². The second kappa shape index (κ2) is 7.88. The summed E-state index contributed by atoms with van der Waals surface area (Å²) in [6.07, 6.45) is 0.714. The van der Waals surface area contributed by atoms with E-state index in [0.717, 1.165) is 23.3 Å². The van der Waals surface area contributed by atoms with Gasteiger partial charge in [-0.1, -0.05) is 25.1 Å². The number of para-hydroxylation sites is 1. The number of nitrogens with zero attached hydrogens (tertiary/aromatic N) is 1. The van der Waals surface area contributed by atoms with Gasteiger partial charge in [0.05, 0.1) is 5.69 Å². The Morgan fingerprint density at radius 2 is 1.84 bits per heavy atom. The van der Waals surface area contributed by atoms with Crippen LogP contribution in [0.4, 0.5) is 20.2 Å². The zero-order valence-corrected chi connectivity index (χ0v) is 14.4. The summed E-state index contributed by atoms with van der Waals surface area (Å²) in [5.74, 6) is -2.81. The maximum atomic E-state index is 13.2. The number of amides is 2. The fourth-order valence-electron chi connectivity index (χ4n) is 2.66. The number of aryl methyl sites for hydroxylation is 2. The van der Waals surface area contributed by atoms with E-state index in [4.69, 9.17) is 0 Å². The molecule has 0 saturated carbocycles. The van der Waals surface area contributed by atoms with Gasteiger partial charge in [0.25, 0.3) is 0 Å². The van der Waals surface area contributed by atoms with Crippen LogP contribution < -0.4 is 10.2 Å². The molecule has 2 amide bonds. The van der Waals surface area contributed by atoms with Crippen molar-refractivity contribution in [3.05, 3.63) is 59.2 Å². The lowest BCUT2D eigenvalue weighted by Gasteiger charge is -2.25. The fourth-order valence-corrected chi connectivity index (χ4v) is 2.66. The molecule has 0 atom stereocenters. The van der Waals surface area contributed by atoms with Crippen LogP contribution in [0.15, 0.2) is 36.4 Å². The topological polar surface area (TPSA) is 49.4 Å². The average molecular weight is 346 g/mol. The molecule has 25 heavy (non-hydrogen) atoms. The highest BCUT2D eigenvalue weighted by atomic mass is 19.2. The number of nitrogens with one attached hydrogen (secondary N) is 1. The van der Waals surface area contributed by atoms with E-state index in [1.807, 2.05) is 32.0 Å². The van der Waals surface area contributed by atoms with E-state index in [2.05, 4.69) is 5.32 Å². The molecule has 2 rings (SSSR count). The van der Waals surface area contributed by atoms with Crippen molar-refractivity contribution < 1.29 is 18.4 Å². The Morgan fingerprint density at radius 1 is 1.12 bits per heavy atom. The Bertz CT molecular complexity index is 806. The van der Waals surface area contributed by atoms with E-state index in [-0.39, 0.29) is 18.1 Å². The first-order valence-corrected chi connectivity index (χ1v) is 7.95. The number of hydrogen-bond donors (Lipinski definition) is 1. The van der Waals surface area contributed by atoms with Crippen LogP contribution in [0.2, 0.25) is 0 Å². The van der Waals surface area contributed by atoms with Gasteiger partial charge in [-0.15, -0.1) is 0 Å². The summed E-state index contributed by atoms with van der Waals surface area (Å²) in [6.45, 7) is 5.01. The number of rotatable bonds is 5. The Balaban J connectivity index is 2.23. The first-order chi connectivity index (χ1) is 11.8. The molecule has 0 aromatic heterocycles. The molecule has 2 aromatic rings. The number of halogens is 2. The highest BCUT2D eigenvalue weighted by Crippen LogP contribution is 2.26. The van der Waals surface area contributed by atoms with Crippen LogP contribution in [0.5, 0.6) is 0 Å². The molecule has 6 heteroatoms. The highest BCUT2D eigenvalue weighted by molar-refractivity contribution is 6.02. The molecule has 0 bridgehead atoms. The Hall–Kier alpha value is -2.76. The van der Waals surface area contributed by atoms with Gasteiger partial charge in [-0.25, -0.2) is 8.78 Å². The summed E-state index contributed by atoms with van der Waals surface area (Å²) in [7, 11) is 0. The molecular formula is C19H20F2N2O2. The van der Waals surface area contributed by atoms with Crippen molar-refractivity contribution in [3.63, 3.8) is 0 Å². The van der Waals surface area contributed by atoms with Gasteiger partial charge in [0.15, 0.2) is 11.6 Å². The van der Waals surface area contributed by atoms with E-state index >= 15 is 0 Å². The lowest BCUT2D eigenvalue weighted by atomic mass is 10.0. The monoisotopic (exact) mass is 346 g/mol. The predicted octanol–water partition coefficient (Wildman–Crippen LogP) is 3.83. The maximum Gasteiger partial charge on any atom is 0.244 e. The van der Waals surface area contributed by atoms with Gasteiger partial charge in [0.2, 0.25) is 11.8 Å². The fraction of sp³-hybridized carbons (Fsp3) is 0.263. The van der Waals surface area contributed by atoms with Crippen LogP contribution in [-0.2, 0) is 16.0 Å². The predicted molar refractivity (Wildman–Crippen MR) is 93.6 cm³/mol. The molecule has 4 nitrogen and oxygen atoms in total. The number of carbonyl (C=O) groups is 2. The SMILES string of the molecule is CCc1cccc(C)c1N(CC(=O)Nc1ccc(F)c(F)c1)C(C)=O. The normalized spacial score (nSPS) is 10.4. The van der Waals surface area contributed by atoms with Crippen LogP contribution in [-0.4, -0.2) is 18.4 Å². The van der Waals surface area contributed by atoms with Crippen LogP contribution in [0.25, 0.3) is 0 Å². The van der Waals surface area contributed by atoms with E-state index in [1.54, 1.807) is 0 Å². The third-order valence-electron chi connectivity index (χ3n) is 3.86. The summed E-state index contributed by atoms with van der Waals surface area (Å²) in [5, 5.41) is 2.48. The lowest BCUT2D eigenvalue weighted by Crippen LogP contribution is -2.37. The molecule has 0 radical (unpaired) electrons. The standard InChI is InChI=1S/C19H20F2N2O2/c1-4-14-7-5-6-12(2)19(14)23(13(3)24)11-18(25)22-15-8-9-16(20)17(21)10-15/h5-10H,4,11H2,1-3H3,(H,22,25). The molecule has 0 fully saturated rings. The minimum Gasteiger partial charge on any atom is -0.324 e. The summed E-state index contributed by atoms with van der Waals surface area (Å²) < 4.78 is 26.2. The molecule has 0 spiro atoms. The third kappa shape index (κ3) is 4.41. The zero-order valence-electron chi connectivity index (χ0n) is 14.4. The van der Waals surface area contributed by atoms with Gasteiger partial charge in [0.1, 0.15) is 6.54 Å². The van der Waals surface area contributed by atoms with Gasteiger partial charge in [-0.05, 0) is 36.6 Å². The third-order valence-corrected chi connectivity index (χ3v) is 3.86. The molecular weight excluding hydrogens is 326 g/mol. The summed E-state index contributed by atoms with van der Waals surface area (Å²) in [6, 6.07) is 8.78. The number of anilines is 2. The smallest absolute Gasteiger partial charge is 0.244 e. The van der Waals surface area contributed by atoms with Crippen molar-refractivity contribution >= 4 is 23.2 Å². The molecule has 0 heterocycles. The number of hydrogen-bond acceptors (Lipinski definition) is 2. The van der Waals surface area contributed by atoms with E-state index in [9.17, 15) is 18.4 Å². The summed E-state index contributed by atoms with van der Waals surface area (Å²) in [5.41, 5.74) is 2.68. The average Bonchev–Trinajstić information content (AvgIpc) is 2.56. The molecule has 0 unspecified atom stereocenters. The second-order valence-electron chi connectivity index (χ2n) is 5.72. The largest absolute Gasteiger partial charge is 0.324 e. The molecule has 1 N–H and O–H groups in total. The summed E-state index contributed by atoms with van der Waals surface area (Å²) >= 11 is 0. The first-order valence-electron chi connectivity index (χ1n) is 7.95. The molecule has 0 aliphatic rings. The van der Waals surface area contributed by atoms with Crippen molar-refractivity contribution in [1.29, 1.82) is 0 Å². The lowest BCUT2D eigenvalue weighted by molar-refractivity contribution is -0.120. The zero-order chi connectivity index (χ0) is 18.6. The van der Waals surface area contributed by atoms with E-state index in [0.29, 0.717) is 12.1 Å². The quantitative estimate of drug-likeness (QED) is 0.894. The van der Waals surface area contributed by atoms with Gasteiger partial charge < -0.3 is 10.2 Å². The van der Waals surface area contributed by atoms with Crippen LogP contribution in [0, 0.1) is 18.6 Å². The van der Waals surface area contributed by atoms with Crippen molar-refractivity contribution in [2.75, 3.05) is 16.8 Å². The van der Waals surface area contributed by atoms with Gasteiger partial charge in [-0.3, -0.25) is 9.59 Å². The van der Waals surface area contributed by atoms with Crippen molar-refractivity contribution in [1.82, 2.24) is 0 Å². The van der Waals surface area contributed by atoms with Gasteiger partial charge in [0, 0.05) is 18.7 Å². The van der Waals surface area contributed by atoms with Crippen LogP contribution >= 0.6 is 0 Å². The summed E-state index contributed by atoms with van der Waals surface area (Å²) in [4.78, 5) is 25.8. The van der Waals surface area contributed by atoms with Gasteiger partial charge >= 0.3 is 0 Å². The van der Waals surface area contributed by atoms with Crippen molar-refractivity contribution in [3.8, 4) is 0 Å². The molecule has 2 aromatic carbocycles. The van der Waals surface area contributed by atoms with Crippen LogP contribution in [0.1, 0.15) is 25.0 Å². The van der Waals surface area contributed by atoms with Gasteiger partial charge in [-0.2, -0.15) is 0 Å². The highest BCUT2D eigenvalue weighted by Gasteiger charge is 2.20. The minimum absolute atomic E-state index is 0.132. The molecule has 0 saturated heterocycles. The van der Waals surface area contributed by atoms with Crippen molar-refractivity contribution in [2.45, 2.75) is 27.2 Å². The van der Waals surface area contributed by atoms with Crippen molar-refractivity contribution in [2.24, 2.45) is 0 Å². The van der Waals surface area contributed by atoms with E-state index < -0.39 is 17.5 Å². The molecule has 0 aliphatic carbocycles. The Kier molecular flexibility index (Phi) is 5.85.